The molecular weight excluding hydrogens is 167 g/mol. The molecule has 0 amide bonds. The van der Waals surface area contributed by atoms with Crippen LogP contribution in [-0.2, 0) is 2.85 Å². The van der Waals surface area contributed by atoms with E-state index in [1.165, 1.54) is 6.42 Å². The summed E-state index contributed by atoms with van der Waals surface area (Å²) >= 11 is -0.1000. The van der Waals surface area contributed by atoms with Crippen molar-refractivity contribution in [2.24, 2.45) is 0 Å². The Labute approximate surface area is 47.8 Å². The summed E-state index contributed by atoms with van der Waals surface area (Å²) in [5.41, 5.74) is 0. The fourth-order valence-electron chi connectivity index (χ4n) is 0. The Hall–Kier alpha value is 0.670. The van der Waals surface area contributed by atoms with Gasteiger partial charge >= 0.3 is 27.2 Å². The van der Waals surface area contributed by atoms with E-state index in [2.05, 4.69) is 13.8 Å². The topological polar surface area (TPSA) is 17.1 Å². The second-order valence-corrected chi connectivity index (χ2v) is 0.707. The molecule has 0 aromatic rings. The van der Waals surface area contributed by atoms with Crippen LogP contribution in [0.1, 0.15) is 20.3 Å². The molecule has 0 fully saturated rings. The Morgan fingerprint density at radius 2 is 1.40 bits per heavy atom. The van der Waals surface area contributed by atoms with Gasteiger partial charge in [0.05, 0.1) is 0 Å². The zero-order chi connectivity index (χ0) is 4.71. The summed E-state index contributed by atoms with van der Waals surface area (Å²) in [7, 11) is 0. The summed E-state index contributed by atoms with van der Waals surface area (Å²) in [5.74, 6) is 0. The number of hydrogen-bond donors (Lipinski definition) is 0. The molecule has 2 heteroatoms. The van der Waals surface area contributed by atoms with E-state index in [1.54, 1.807) is 0 Å². The average molecular weight is 176 g/mol. The summed E-state index contributed by atoms with van der Waals surface area (Å²) in [6.45, 7) is 4.25. The molecule has 5 heavy (non-hydrogen) atoms. The van der Waals surface area contributed by atoms with Gasteiger partial charge < -0.3 is 0 Å². The monoisotopic (exact) mass is 176 g/mol. The van der Waals surface area contributed by atoms with Crippen molar-refractivity contribution in [1.82, 2.24) is 0 Å². The Morgan fingerprint density at radius 1 is 1.40 bits per heavy atom. The summed E-state index contributed by atoms with van der Waals surface area (Å²) in [6, 6.07) is 0. The van der Waals surface area contributed by atoms with Gasteiger partial charge in [0, 0.05) is 0 Å². The predicted molar refractivity (Wildman–Crippen MR) is 23.8 cm³/mol. The van der Waals surface area contributed by atoms with Gasteiger partial charge in [0.15, 0.2) is 0 Å². The molecule has 0 radical (unpaired) electrons. The Kier molecular flexibility index (Phi) is 41.4. The van der Waals surface area contributed by atoms with E-state index in [1.807, 2.05) is 0 Å². The predicted octanol–water partition coefficient (Wildman–Crippen LogP) is 0.649. The van der Waals surface area contributed by atoms with Crippen LogP contribution in [0, 0.1) is 0 Å². The van der Waals surface area contributed by atoms with Crippen molar-refractivity contribution in [3.63, 3.8) is 0 Å². The van der Waals surface area contributed by atoms with Gasteiger partial charge in [-0.15, -0.1) is 0 Å². The average Bonchev–Trinajstić information content (AvgIpc) is 1.46. The van der Waals surface area contributed by atoms with Gasteiger partial charge in [-0.3, -0.25) is 0 Å². The van der Waals surface area contributed by atoms with Crippen LogP contribution in [0.15, 0.2) is 0 Å². The van der Waals surface area contributed by atoms with Gasteiger partial charge in [-0.1, -0.05) is 20.3 Å². The third-order valence-corrected chi connectivity index (χ3v) is 0. The summed E-state index contributed by atoms with van der Waals surface area (Å²) in [6.07, 6.45) is 1.25. The van der Waals surface area contributed by atoms with Crippen LogP contribution >= 0.6 is 0 Å². The molecule has 30 valence electrons. The first-order valence-electron chi connectivity index (χ1n) is 1.70. The Morgan fingerprint density at radius 3 is 1.40 bits per heavy atom. The van der Waals surface area contributed by atoms with Crippen molar-refractivity contribution in [2.45, 2.75) is 20.3 Å². The summed E-state index contributed by atoms with van der Waals surface area (Å²) in [4.78, 5) is 0. The van der Waals surface area contributed by atoms with Crippen molar-refractivity contribution in [3.05, 3.63) is 0 Å². The van der Waals surface area contributed by atoms with E-state index < -0.39 is 0 Å². The molecule has 0 aliphatic heterocycles. The molecule has 0 unspecified atom stereocenters. The molecule has 0 N–H and O–H groups in total. The van der Waals surface area contributed by atoms with Crippen LogP contribution in [-0.4, -0.2) is 24.4 Å². The van der Waals surface area contributed by atoms with Crippen molar-refractivity contribution in [2.75, 3.05) is 0 Å². The summed E-state index contributed by atoms with van der Waals surface area (Å²) in [5, 5.41) is 0. The Balaban J connectivity index is 0. The molecule has 1 nitrogen and oxygen atoms in total. The third-order valence-electron chi connectivity index (χ3n) is 0. The van der Waals surface area contributed by atoms with Crippen LogP contribution in [0.3, 0.4) is 0 Å². The zero-order valence-corrected chi connectivity index (χ0v) is 7.86. The zero-order valence-electron chi connectivity index (χ0n) is 3.82. The molecule has 0 aliphatic rings. The van der Waals surface area contributed by atoms with Crippen LogP contribution in [0.4, 0.5) is 0 Å². The minimum absolute atomic E-state index is 0.1000. The van der Waals surface area contributed by atoms with Crippen LogP contribution < -0.4 is 0 Å². The first-order valence-corrected chi connectivity index (χ1v) is 3.35. The second kappa shape index (κ2) is 22.6. The SMILES string of the molecule is CCC.[O]=[InH]. The van der Waals surface area contributed by atoms with E-state index in [4.69, 9.17) is 2.85 Å². The van der Waals surface area contributed by atoms with Crippen molar-refractivity contribution >= 4 is 24.4 Å². The quantitative estimate of drug-likeness (QED) is 0.529. The first kappa shape index (κ1) is 9.18. The molecule has 0 heterocycles. The molecule has 0 aromatic heterocycles. The molecule has 0 aliphatic carbocycles. The van der Waals surface area contributed by atoms with Crippen LogP contribution in [0.2, 0.25) is 0 Å². The molecule has 0 atom stereocenters. The molecule has 0 bridgehead atoms. The van der Waals surface area contributed by atoms with Crippen molar-refractivity contribution in [1.29, 1.82) is 0 Å². The van der Waals surface area contributed by atoms with E-state index >= 15 is 0 Å². The fraction of sp³-hybridized carbons (Fsp3) is 1.00. The molecule has 0 saturated carbocycles. The minimum atomic E-state index is -0.1000. The second-order valence-electron chi connectivity index (χ2n) is 0.707. The van der Waals surface area contributed by atoms with E-state index in [0.29, 0.717) is 0 Å². The number of hydrogen-bond acceptors (Lipinski definition) is 1. The van der Waals surface area contributed by atoms with E-state index in [-0.39, 0.29) is 24.4 Å². The van der Waals surface area contributed by atoms with E-state index in [9.17, 15) is 0 Å². The van der Waals surface area contributed by atoms with Crippen LogP contribution in [0.25, 0.3) is 0 Å². The maximum atomic E-state index is 8.42. The van der Waals surface area contributed by atoms with Gasteiger partial charge in [0.2, 0.25) is 0 Å². The van der Waals surface area contributed by atoms with E-state index in [0.717, 1.165) is 0 Å². The normalized spacial score (nSPS) is 4.20. The third kappa shape index (κ3) is 74.1. The van der Waals surface area contributed by atoms with Gasteiger partial charge in [-0.2, -0.15) is 0 Å². The standard InChI is InChI=1S/C3H8.In.O.H/c1-3-2;;;/h3H2,1-2H3;;;. The van der Waals surface area contributed by atoms with Crippen LogP contribution in [0.5, 0.6) is 0 Å². The first-order chi connectivity index (χ1) is 2.41. The molecule has 0 spiro atoms. The molecule has 0 rings (SSSR count). The number of rotatable bonds is 0. The van der Waals surface area contributed by atoms with Gasteiger partial charge in [-0.25, -0.2) is 0 Å². The van der Waals surface area contributed by atoms with Crippen molar-refractivity contribution < 1.29 is 2.85 Å². The van der Waals surface area contributed by atoms with Gasteiger partial charge in [0.1, 0.15) is 0 Å². The Bertz CT molecular complexity index is 10.9. The van der Waals surface area contributed by atoms with Crippen molar-refractivity contribution in [3.8, 4) is 0 Å². The molecule has 0 aromatic carbocycles. The fourth-order valence-corrected chi connectivity index (χ4v) is 0. The summed E-state index contributed by atoms with van der Waals surface area (Å²) < 4.78 is 8.42. The van der Waals surface area contributed by atoms with Gasteiger partial charge in [0.25, 0.3) is 0 Å². The van der Waals surface area contributed by atoms with Gasteiger partial charge in [-0.05, 0) is 0 Å². The molecular formula is C3H9InO. The maximum absolute atomic E-state index is 8.42. The molecule has 0 saturated heterocycles.